The van der Waals surface area contributed by atoms with Crippen LogP contribution in [0.1, 0.15) is 19.3 Å². The number of methoxy groups -OCH3 is 1. The predicted molar refractivity (Wildman–Crippen MR) is 52.7 cm³/mol. The van der Waals surface area contributed by atoms with Crippen molar-refractivity contribution in [2.24, 2.45) is 11.7 Å². The molecule has 2 N–H and O–H groups in total. The van der Waals surface area contributed by atoms with E-state index in [1.165, 1.54) is 13.5 Å². The van der Waals surface area contributed by atoms with Gasteiger partial charge >= 0.3 is 5.97 Å². The Morgan fingerprint density at radius 1 is 1.43 bits per heavy atom. The van der Waals surface area contributed by atoms with Gasteiger partial charge in [-0.05, 0) is 32.4 Å². The Hall–Kier alpha value is -0.610. The Morgan fingerprint density at radius 2 is 2.21 bits per heavy atom. The van der Waals surface area contributed by atoms with Crippen molar-refractivity contribution in [3.05, 3.63) is 0 Å². The van der Waals surface area contributed by atoms with Gasteiger partial charge in [0.25, 0.3) is 0 Å². The fraction of sp³-hybridized carbons (Fsp3) is 0.900. The van der Waals surface area contributed by atoms with Crippen LogP contribution in [0.4, 0.5) is 0 Å². The zero-order valence-corrected chi connectivity index (χ0v) is 8.61. The van der Waals surface area contributed by atoms with Gasteiger partial charge in [0.1, 0.15) is 0 Å². The van der Waals surface area contributed by atoms with Gasteiger partial charge in [-0.15, -0.1) is 0 Å². The molecular formula is C10H18N2O2. The number of hydrogen-bond acceptors (Lipinski definition) is 4. The molecule has 0 spiro atoms. The molecule has 2 saturated heterocycles. The Bertz CT molecular complexity index is 232. The molecule has 0 aromatic rings. The average molecular weight is 198 g/mol. The fourth-order valence-corrected chi connectivity index (χ4v) is 2.76. The number of carbonyl (C=O) groups is 1. The van der Waals surface area contributed by atoms with Crippen LogP contribution in [0.25, 0.3) is 0 Å². The Labute approximate surface area is 84.4 Å². The second-order valence-corrected chi connectivity index (χ2v) is 4.24. The first-order valence-electron chi connectivity index (χ1n) is 5.31. The minimum absolute atomic E-state index is 0.0290. The molecule has 2 aliphatic heterocycles. The molecule has 4 heteroatoms. The Balaban J connectivity index is 2.05. The van der Waals surface area contributed by atoms with Crippen LogP contribution in [0.2, 0.25) is 0 Å². The van der Waals surface area contributed by atoms with Crippen molar-refractivity contribution < 1.29 is 9.53 Å². The van der Waals surface area contributed by atoms with Gasteiger partial charge in [-0.2, -0.15) is 0 Å². The summed E-state index contributed by atoms with van der Waals surface area (Å²) >= 11 is 0. The summed E-state index contributed by atoms with van der Waals surface area (Å²) < 4.78 is 4.77. The molecule has 80 valence electrons. The maximum absolute atomic E-state index is 11.4. The van der Waals surface area contributed by atoms with Gasteiger partial charge in [0.15, 0.2) is 0 Å². The minimum Gasteiger partial charge on any atom is -0.469 e. The molecule has 2 rings (SSSR count). The normalized spacial score (nSPS) is 38.0. The Morgan fingerprint density at radius 3 is 2.93 bits per heavy atom. The average Bonchev–Trinajstić information content (AvgIpc) is 2.66. The quantitative estimate of drug-likeness (QED) is 0.601. The monoisotopic (exact) mass is 198 g/mol. The molecule has 0 amide bonds. The van der Waals surface area contributed by atoms with E-state index < -0.39 is 0 Å². The summed E-state index contributed by atoms with van der Waals surface area (Å²) in [6.07, 6.45) is 3.20. The lowest BCUT2D eigenvalue weighted by molar-refractivity contribution is -0.148. The highest BCUT2D eigenvalue weighted by Crippen LogP contribution is 2.30. The molecule has 0 radical (unpaired) electrons. The number of hydrogen-bond donors (Lipinski definition) is 1. The van der Waals surface area contributed by atoms with Gasteiger partial charge < -0.3 is 10.5 Å². The fourth-order valence-electron chi connectivity index (χ4n) is 2.76. The molecular weight excluding hydrogens is 180 g/mol. The lowest BCUT2D eigenvalue weighted by Gasteiger charge is -2.38. The second-order valence-electron chi connectivity index (χ2n) is 4.24. The molecule has 2 aliphatic rings. The zero-order chi connectivity index (χ0) is 10.1. The molecule has 3 unspecified atom stereocenters. The number of esters is 1. The van der Waals surface area contributed by atoms with Crippen molar-refractivity contribution in [2.75, 3.05) is 20.2 Å². The minimum atomic E-state index is -0.135. The molecule has 2 fully saturated rings. The molecule has 14 heavy (non-hydrogen) atoms. The predicted octanol–water partition coefficient (Wildman–Crippen LogP) is -0.0290. The summed E-state index contributed by atoms with van der Waals surface area (Å²) in [5.41, 5.74) is 6.10. The van der Waals surface area contributed by atoms with Crippen LogP contribution in [0.3, 0.4) is 0 Å². The largest absolute Gasteiger partial charge is 0.469 e. The number of rotatable bonds is 1. The zero-order valence-electron chi connectivity index (χ0n) is 8.61. The maximum atomic E-state index is 11.4. The third kappa shape index (κ3) is 1.53. The third-order valence-corrected chi connectivity index (χ3v) is 3.55. The van der Waals surface area contributed by atoms with Gasteiger partial charge in [-0.1, -0.05) is 0 Å². The van der Waals surface area contributed by atoms with E-state index in [0.717, 1.165) is 25.9 Å². The SMILES string of the molecule is COC(=O)C1CCN2CCCC2C1N. The van der Waals surface area contributed by atoms with E-state index in [1.54, 1.807) is 0 Å². The van der Waals surface area contributed by atoms with Crippen molar-refractivity contribution in [1.82, 2.24) is 4.90 Å². The number of fused-ring (bicyclic) bond motifs is 1. The lowest BCUT2D eigenvalue weighted by Crippen LogP contribution is -2.55. The molecule has 0 aliphatic carbocycles. The molecule has 0 saturated carbocycles. The number of nitrogens with zero attached hydrogens (tertiary/aromatic N) is 1. The standard InChI is InChI=1S/C10H18N2O2/c1-14-10(13)7-4-6-12-5-2-3-8(12)9(7)11/h7-9H,2-6,11H2,1H3. The first kappa shape index (κ1) is 9.93. The van der Waals surface area contributed by atoms with Crippen LogP contribution in [0.5, 0.6) is 0 Å². The van der Waals surface area contributed by atoms with Crippen LogP contribution in [-0.2, 0) is 9.53 Å². The van der Waals surface area contributed by atoms with Crippen LogP contribution >= 0.6 is 0 Å². The molecule has 3 atom stereocenters. The van der Waals surface area contributed by atoms with E-state index in [0.29, 0.717) is 6.04 Å². The highest BCUT2D eigenvalue weighted by Gasteiger charge is 2.41. The van der Waals surface area contributed by atoms with Crippen molar-refractivity contribution in [3.8, 4) is 0 Å². The van der Waals surface area contributed by atoms with Crippen molar-refractivity contribution in [3.63, 3.8) is 0 Å². The van der Waals surface area contributed by atoms with E-state index >= 15 is 0 Å². The van der Waals surface area contributed by atoms with Gasteiger partial charge in [0, 0.05) is 12.1 Å². The van der Waals surface area contributed by atoms with Gasteiger partial charge in [0.2, 0.25) is 0 Å². The summed E-state index contributed by atoms with van der Waals surface area (Å²) in [6, 6.07) is 0.381. The lowest BCUT2D eigenvalue weighted by atomic mass is 9.86. The van der Waals surface area contributed by atoms with Crippen molar-refractivity contribution in [2.45, 2.75) is 31.3 Å². The molecule has 4 nitrogen and oxygen atoms in total. The molecule has 0 bridgehead atoms. The van der Waals surface area contributed by atoms with E-state index in [4.69, 9.17) is 10.5 Å². The van der Waals surface area contributed by atoms with Gasteiger partial charge in [-0.3, -0.25) is 9.69 Å². The summed E-state index contributed by atoms with van der Waals surface area (Å²) in [7, 11) is 1.44. The first-order chi connectivity index (χ1) is 6.74. The van der Waals surface area contributed by atoms with E-state index in [9.17, 15) is 4.79 Å². The summed E-state index contributed by atoms with van der Waals surface area (Å²) in [5.74, 6) is -0.219. The number of ether oxygens (including phenoxy) is 1. The summed E-state index contributed by atoms with van der Waals surface area (Å²) in [6.45, 7) is 2.14. The molecule has 2 heterocycles. The third-order valence-electron chi connectivity index (χ3n) is 3.55. The van der Waals surface area contributed by atoms with E-state index in [2.05, 4.69) is 4.90 Å². The smallest absolute Gasteiger partial charge is 0.310 e. The van der Waals surface area contributed by atoms with Gasteiger partial charge in [-0.25, -0.2) is 0 Å². The van der Waals surface area contributed by atoms with Gasteiger partial charge in [0.05, 0.1) is 13.0 Å². The van der Waals surface area contributed by atoms with E-state index in [1.807, 2.05) is 0 Å². The highest BCUT2D eigenvalue weighted by molar-refractivity contribution is 5.73. The van der Waals surface area contributed by atoms with Crippen LogP contribution < -0.4 is 5.73 Å². The van der Waals surface area contributed by atoms with Crippen molar-refractivity contribution in [1.29, 1.82) is 0 Å². The van der Waals surface area contributed by atoms with Crippen molar-refractivity contribution >= 4 is 5.97 Å². The summed E-state index contributed by atoms with van der Waals surface area (Å²) in [5, 5.41) is 0. The number of piperidine rings is 1. The molecule has 0 aromatic heterocycles. The van der Waals surface area contributed by atoms with E-state index in [-0.39, 0.29) is 17.9 Å². The second kappa shape index (κ2) is 3.87. The molecule has 0 aromatic carbocycles. The number of carbonyl (C=O) groups excluding carboxylic acids is 1. The maximum Gasteiger partial charge on any atom is 0.310 e. The highest BCUT2D eigenvalue weighted by atomic mass is 16.5. The topological polar surface area (TPSA) is 55.6 Å². The van der Waals surface area contributed by atoms with Crippen LogP contribution in [0.15, 0.2) is 0 Å². The van der Waals surface area contributed by atoms with Crippen LogP contribution in [0, 0.1) is 5.92 Å². The summed E-state index contributed by atoms with van der Waals surface area (Å²) in [4.78, 5) is 13.9. The van der Waals surface area contributed by atoms with Crippen LogP contribution in [-0.4, -0.2) is 43.2 Å². The Kier molecular flexibility index (Phi) is 2.74. The number of nitrogens with two attached hydrogens (primary N) is 1. The first-order valence-corrected chi connectivity index (χ1v) is 5.31.